The summed E-state index contributed by atoms with van der Waals surface area (Å²) in [7, 11) is 0. The Morgan fingerprint density at radius 1 is 1.48 bits per heavy atom. The monoisotopic (exact) mass is 327 g/mol. The van der Waals surface area contributed by atoms with Gasteiger partial charge in [-0.2, -0.15) is 5.26 Å². The molecule has 0 bridgehead atoms. The SMILES string of the molecule is C[C@H]1CCc2nc(NC(=O)COc3ccc(C#N)cc3)sc2C1. The Morgan fingerprint density at radius 2 is 2.26 bits per heavy atom. The highest BCUT2D eigenvalue weighted by molar-refractivity contribution is 7.15. The molecule has 0 fully saturated rings. The van der Waals surface area contributed by atoms with Gasteiger partial charge in [-0.25, -0.2) is 4.98 Å². The summed E-state index contributed by atoms with van der Waals surface area (Å²) in [4.78, 5) is 17.7. The van der Waals surface area contributed by atoms with E-state index in [0.29, 0.717) is 22.4 Å². The van der Waals surface area contributed by atoms with Crippen LogP contribution in [0.3, 0.4) is 0 Å². The molecule has 2 aromatic rings. The Balaban J connectivity index is 1.54. The number of hydrogen-bond acceptors (Lipinski definition) is 5. The van der Waals surface area contributed by atoms with E-state index in [4.69, 9.17) is 10.00 Å². The van der Waals surface area contributed by atoms with Crippen LogP contribution in [0.4, 0.5) is 5.13 Å². The number of nitrogens with one attached hydrogen (secondary N) is 1. The molecule has 1 aromatic carbocycles. The number of carbonyl (C=O) groups excluding carboxylic acids is 1. The molecule has 3 rings (SSSR count). The first-order chi connectivity index (χ1) is 11.1. The third-order valence-electron chi connectivity index (χ3n) is 3.79. The average molecular weight is 327 g/mol. The number of nitrogens with zero attached hydrogens (tertiary/aromatic N) is 2. The van der Waals surface area contributed by atoms with Crippen molar-refractivity contribution in [2.75, 3.05) is 11.9 Å². The van der Waals surface area contributed by atoms with Gasteiger partial charge in [0, 0.05) is 4.88 Å². The molecule has 118 valence electrons. The van der Waals surface area contributed by atoms with E-state index < -0.39 is 0 Å². The molecule has 5 nitrogen and oxygen atoms in total. The van der Waals surface area contributed by atoms with Crippen molar-refractivity contribution in [2.24, 2.45) is 5.92 Å². The molecule has 1 N–H and O–H groups in total. The van der Waals surface area contributed by atoms with Crippen molar-refractivity contribution in [2.45, 2.75) is 26.2 Å². The Hall–Kier alpha value is -2.39. The number of hydrogen-bond donors (Lipinski definition) is 1. The number of thiazole rings is 1. The Bertz CT molecular complexity index is 746. The first-order valence-electron chi connectivity index (χ1n) is 7.55. The smallest absolute Gasteiger partial charge is 0.264 e. The molecule has 0 radical (unpaired) electrons. The van der Waals surface area contributed by atoms with Crippen LogP contribution < -0.4 is 10.1 Å². The molecular formula is C17H17N3O2S. The topological polar surface area (TPSA) is 75.0 Å². The van der Waals surface area contributed by atoms with Gasteiger partial charge in [0.25, 0.3) is 5.91 Å². The quantitative estimate of drug-likeness (QED) is 0.936. The minimum Gasteiger partial charge on any atom is -0.484 e. The fourth-order valence-electron chi connectivity index (χ4n) is 2.52. The second-order valence-electron chi connectivity index (χ2n) is 5.71. The molecule has 1 heterocycles. The summed E-state index contributed by atoms with van der Waals surface area (Å²) in [6, 6.07) is 8.70. The molecule has 0 aliphatic heterocycles. The maximum atomic E-state index is 12.0. The fraction of sp³-hybridized carbons (Fsp3) is 0.353. The summed E-state index contributed by atoms with van der Waals surface area (Å²) in [6.45, 7) is 2.17. The van der Waals surface area contributed by atoms with Gasteiger partial charge < -0.3 is 4.74 Å². The summed E-state index contributed by atoms with van der Waals surface area (Å²) in [5.74, 6) is 1.02. The first-order valence-corrected chi connectivity index (χ1v) is 8.37. The summed E-state index contributed by atoms with van der Waals surface area (Å²) < 4.78 is 5.41. The maximum Gasteiger partial charge on any atom is 0.264 e. The highest BCUT2D eigenvalue weighted by Gasteiger charge is 2.20. The normalized spacial score (nSPS) is 16.3. The van der Waals surface area contributed by atoms with Gasteiger partial charge in [-0.3, -0.25) is 10.1 Å². The molecule has 1 amide bonds. The van der Waals surface area contributed by atoms with Crippen LogP contribution >= 0.6 is 11.3 Å². The van der Waals surface area contributed by atoms with Gasteiger partial charge in [0.05, 0.1) is 17.3 Å². The van der Waals surface area contributed by atoms with Crippen LogP contribution in [0, 0.1) is 17.2 Å². The average Bonchev–Trinajstić information content (AvgIpc) is 2.94. The molecular weight excluding hydrogens is 310 g/mol. The number of amides is 1. The molecule has 23 heavy (non-hydrogen) atoms. The molecule has 6 heteroatoms. The van der Waals surface area contributed by atoms with Crippen LogP contribution in [-0.2, 0) is 17.6 Å². The standard InChI is InChI=1S/C17H17N3O2S/c1-11-2-7-14-15(8-11)23-17(19-14)20-16(21)10-22-13-5-3-12(9-18)4-6-13/h3-6,11H,2,7-8,10H2,1H3,(H,19,20,21)/t11-/m0/s1. The summed E-state index contributed by atoms with van der Waals surface area (Å²) in [5.41, 5.74) is 1.68. The van der Waals surface area contributed by atoms with Crippen molar-refractivity contribution < 1.29 is 9.53 Å². The lowest BCUT2D eigenvalue weighted by molar-refractivity contribution is -0.118. The molecule has 1 atom stereocenters. The lowest BCUT2D eigenvalue weighted by atomic mass is 9.93. The zero-order valence-corrected chi connectivity index (χ0v) is 13.7. The Labute approximate surface area is 138 Å². The number of rotatable bonds is 4. The number of benzene rings is 1. The number of aryl methyl sites for hydroxylation is 1. The number of fused-ring (bicyclic) bond motifs is 1. The van der Waals surface area contributed by atoms with Crippen molar-refractivity contribution >= 4 is 22.4 Å². The highest BCUT2D eigenvalue weighted by atomic mass is 32.1. The lowest BCUT2D eigenvalue weighted by Crippen LogP contribution is -2.20. The van der Waals surface area contributed by atoms with Gasteiger partial charge in [-0.05, 0) is 49.4 Å². The lowest BCUT2D eigenvalue weighted by Gasteiger charge is -2.15. The predicted molar refractivity (Wildman–Crippen MR) is 88.6 cm³/mol. The van der Waals surface area contributed by atoms with Crippen LogP contribution in [0.2, 0.25) is 0 Å². The van der Waals surface area contributed by atoms with Crippen molar-refractivity contribution in [1.29, 1.82) is 5.26 Å². The van der Waals surface area contributed by atoms with E-state index in [1.807, 2.05) is 6.07 Å². The molecule has 1 aliphatic rings. The maximum absolute atomic E-state index is 12.0. The van der Waals surface area contributed by atoms with Crippen LogP contribution in [0.25, 0.3) is 0 Å². The molecule has 0 unspecified atom stereocenters. The van der Waals surface area contributed by atoms with E-state index in [1.165, 1.54) is 4.88 Å². The number of anilines is 1. The van der Waals surface area contributed by atoms with Crippen molar-refractivity contribution in [3.8, 4) is 11.8 Å². The van der Waals surface area contributed by atoms with Crippen LogP contribution in [0.15, 0.2) is 24.3 Å². The van der Waals surface area contributed by atoms with E-state index >= 15 is 0 Å². The zero-order chi connectivity index (χ0) is 16.2. The Kier molecular flexibility index (Phi) is 4.58. The second-order valence-corrected chi connectivity index (χ2v) is 6.79. The van der Waals surface area contributed by atoms with E-state index in [2.05, 4.69) is 17.2 Å². The zero-order valence-electron chi connectivity index (χ0n) is 12.8. The van der Waals surface area contributed by atoms with Crippen LogP contribution in [0.1, 0.15) is 29.5 Å². The van der Waals surface area contributed by atoms with Gasteiger partial charge in [0.2, 0.25) is 0 Å². The second kappa shape index (κ2) is 6.80. The Morgan fingerprint density at radius 3 is 3.00 bits per heavy atom. The van der Waals surface area contributed by atoms with Gasteiger partial charge in [0.15, 0.2) is 11.7 Å². The number of ether oxygens (including phenoxy) is 1. The van der Waals surface area contributed by atoms with Crippen LogP contribution in [-0.4, -0.2) is 17.5 Å². The molecule has 0 spiro atoms. The molecule has 1 aliphatic carbocycles. The van der Waals surface area contributed by atoms with E-state index in [-0.39, 0.29) is 12.5 Å². The highest BCUT2D eigenvalue weighted by Crippen LogP contribution is 2.32. The third-order valence-corrected chi connectivity index (χ3v) is 4.82. The fourth-order valence-corrected chi connectivity index (χ4v) is 3.71. The van der Waals surface area contributed by atoms with E-state index in [1.54, 1.807) is 35.6 Å². The van der Waals surface area contributed by atoms with Gasteiger partial charge >= 0.3 is 0 Å². The van der Waals surface area contributed by atoms with Crippen molar-refractivity contribution in [1.82, 2.24) is 4.98 Å². The minimum absolute atomic E-state index is 0.0768. The van der Waals surface area contributed by atoms with Crippen molar-refractivity contribution in [3.63, 3.8) is 0 Å². The van der Waals surface area contributed by atoms with E-state index in [0.717, 1.165) is 25.0 Å². The summed E-state index contributed by atoms with van der Waals surface area (Å²) in [5, 5.41) is 12.2. The van der Waals surface area contributed by atoms with E-state index in [9.17, 15) is 4.79 Å². The molecule has 0 saturated carbocycles. The largest absolute Gasteiger partial charge is 0.484 e. The third kappa shape index (κ3) is 3.88. The van der Waals surface area contributed by atoms with Gasteiger partial charge in [-0.1, -0.05) is 6.92 Å². The van der Waals surface area contributed by atoms with Gasteiger partial charge in [0.1, 0.15) is 5.75 Å². The summed E-state index contributed by atoms with van der Waals surface area (Å²) >= 11 is 1.56. The predicted octanol–water partition coefficient (Wildman–Crippen LogP) is 3.16. The number of aromatic nitrogens is 1. The van der Waals surface area contributed by atoms with Crippen molar-refractivity contribution in [3.05, 3.63) is 40.4 Å². The number of carbonyl (C=O) groups is 1. The van der Waals surface area contributed by atoms with Crippen LogP contribution in [0.5, 0.6) is 5.75 Å². The first kappa shape index (κ1) is 15.5. The summed E-state index contributed by atoms with van der Waals surface area (Å²) in [6.07, 6.45) is 3.20. The molecule has 1 aromatic heterocycles. The van der Waals surface area contributed by atoms with Gasteiger partial charge in [-0.15, -0.1) is 11.3 Å². The number of nitriles is 1. The minimum atomic E-state index is -0.228. The molecule has 0 saturated heterocycles.